The van der Waals surface area contributed by atoms with Gasteiger partial charge in [-0.2, -0.15) is 5.10 Å². The van der Waals surface area contributed by atoms with E-state index in [1.165, 1.54) is 0 Å². The summed E-state index contributed by atoms with van der Waals surface area (Å²) in [5.41, 5.74) is 2.64. The monoisotopic (exact) mass is 376 g/mol. The molecule has 0 aliphatic heterocycles. The predicted molar refractivity (Wildman–Crippen MR) is 108 cm³/mol. The standard InChI is InChI=1S/C22H24N4O2/c1-17(25-22(28)19-8-4-2-5-9-19)14-21(27)23-13-12-18-15-24-26(16-18)20-10-6-3-7-11-20/h2-11,15-17H,12-14H2,1H3,(H,23,27)(H,25,28). The number of hydrogen-bond donors (Lipinski definition) is 2. The van der Waals surface area contributed by atoms with Crippen LogP contribution in [0.25, 0.3) is 5.69 Å². The zero-order valence-corrected chi connectivity index (χ0v) is 15.8. The van der Waals surface area contributed by atoms with E-state index >= 15 is 0 Å². The van der Waals surface area contributed by atoms with Gasteiger partial charge in [-0.3, -0.25) is 9.59 Å². The van der Waals surface area contributed by atoms with Crippen LogP contribution in [0.3, 0.4) is 0 Å². The minimum atomic E-state index is -0.242. The Kier molecular flexibility index (Phi) is 6.57. The minimum absolute atomic E-state index is 0.0867. The number of carbonyl (C=O) groups is 2. The first-order valence-electron chi connectivity index (χ1n) is 9.33. The molecule has 3 aromatic rings. The van der Waals surface area contributed by atoms with Crippen molar-refractivity contribution < 1.29 is 9.59 Å². The lowest BCUT2D eigenvalue weighted by Gasteiger charge is -2.13. The molecule has 144 valence electrons. The Bertz CT molecular complexity index is 907. The van der Waals surface area contributed by atoms with Crippen LogP contribution >= 0.6 is 0 Å². The number of carbonyl (C=O) groups excluding carboxylic acids is 2. The Morgan fingerprint density at radius 2 is 1.71 bits per heavy atom. The average Bonchev–Trinajstić information content (AvgIpc) is 3.18. The van der Waals surface area contributed by atoms with Gasteiger partial charge >= 0.3 is 0 Å². The van der Waals surface area contributed by atoms with Crippen LogP contribution in [0.4, 0.5) is 0 Å². The van der Waals surface area contributed by atoms with Crippen molar-refractivity contribution in [2.75, 3.05) is 6.54 Å². The Morgan fingerprint density at radius 1 is 1.04 bits per heavy atom. The van der Waals surface area contributed by atoms with Gasteiger partial charge in [0.15, 0.2) is 0 Å². The summed E-state index contributed by atoms with van der Waals surface area (Å²) in [5.74, 6) is -0.259. The zero-order chi connectivity index (χ0) is 19.8. The van der Waals surface area contributed by atoms with Crippen LogP contribution in [-0.2, 0) is 11.2 Å². The summed E-state index contributed by atoms with van der Waals surface area (Å²) in [6, 6.07) is 18.6. The van der Waals surface area contributed by atoms with Crippen molar-refractivity contribution in [3.8, 4) is 5.69 Å². The van der Waals surface area contributed by atoms with Gasteiger partial charge in [-0.05, 0) is 43.2 Å². The van der Waals surface area contributed by atoms with E-state index < -0.39 is 0 Å². The van der Waals surface area contributed by atoms with E-state index in [-0.39, 0.29) is 24.3 Å². The highest BCUT2D eigenvalue weighted by Gasteiger charge is 2.13. The number of benzene rings is 2. The van der Waals surface area contributed by atoms with Crippen molar-refractivity contribution in [3.63, 3.8) is 0 Å². The third-order valence-electron chi connectivity index (χ3n) is 4.30. The molecule has 6 heteroatoms. The summed E-state index contributed by atoms with van der Waals surface area (Å²) < 4.78 is 1.82. The fourth-order valence-electron chi connectivity index (χ4n) is 2.86. The van der Waals surface area contributed by atoms with E-state index in [2.05, 4.69) is 15.7 Å². The number of hydrogen-bond acceptors (Lipinski definition) is 3. The number of para-hydroxylation sites is 1. The minimum Gasteiger partial charge on any atom is -0.356 e. The molecule has 6 nitrogen and oxygen atoms in total. The van der Waals surface area contributed by atoms with Gasteiger partial charge in [-0.15, -0.1) is 0 Å². The summed E-state index contributed by atoms with van der Waals surface area (Å²) in [6.07, 6.45) is 4.71. The SMILES string of the molecule is CC(CC(=O)NCCc1cnn(-c2ccccc2)c1)NC(=O)c1ccccc1. The third kappa shape index (κ3) is 5.54. The number of rotatable bonds is 8. The molecular formula is C22H24N4O2. The second kappa shape index (κ2) is 9.50. The average molecular weight is 376 g/mol. The van der Waals surface area contributed by atoms with Crippen molar-refractivity contribution in [3.05, 3.63) is 84.2 Å². The van der Waals surface area contributed by atoms with Gasteiger partial charge in [-0.1, -0.05) is 36.4 Å². The number of nitrogens with one attached hydrogen (secondary N) is 2. The molecule has 1 unspecified atom stereocenters. The largest absolute Gasteiger partial charge is 0.356 e. The second-order valence-corrected chi connectivity index (χ2v) is 6.67. The lowest BCUT2D eigenvalue weighted by atomic mass is 10.1. The molecule has 0 spiro atoms. The fraction of sp³-hybridized carbons (Fsp3) is 0.227. The summed E-state index contributed by atoms with van der Waals surface area (Å²) in [5, 5.41) is 10.1. The normalized spacial score (nSPS) is 11.6. The smallest absolute Gasteiger partial charge is 0.251 e. The molecule has 0 bridgehead atoms. The van der Waals surface area contributed by atoms with Crippen LogP contribution in [0.5, 0.6) is 0 Å². The maximum Gasteiger partial charge on any atom is 0.251 e. The van der Waals surface area contributed by atoms with Gasteiger partial charge in [0.25, 0.3) is 5.91 Å². The van der Waals surface area contributed by atoms with Crippen LogP contribution in [0.1, 0.15) is 29.3 Å². The molecule has 0 aliphatic rings. The maximum absolute atomic E-state index is 12.1. The Balaban J connectivity index is 1.40. The Labute approximate surface area is 164 Å². The van der Waals surface area contributed by atoms with E-state index in [1.807, 2.05) is 72.5 Å². The molecule has 0 fully saturated rings. The van der Waals surface area contributed by atoms with Gasteiger partial charge < -0.3 is 10.6 Å². The molecule has 28 heavy (non-hydrogen) atoms. The predicted octanol–water partition coefficient (Wildman–Crippen LogP) is 2.74. The molecule has 0 saturated heterocycles. The van der Waals surface area contributed by atoms with Gasteiger partial charge in [0.1, 0.15) is 0 Å². The molecule has 2 amide bonds. The third-order valence-corrected chi connectivity index (χ3v) is 4.30. The number of amides is 2. The van der Waals surface area contributed by atoms with Crippen molar-refractivity contribution in [1.82, 2.24) is 20.4 Å². The zero-order valence-electron chi connectivity index (χ0n) is 15.8. The van der Waals surface area contributed by atoms with E-state index in [4.69, 9.17) is 0 Å². The molecular weight excluding hydrogens is 352 g/mol. The first-order chi connectivity index (χ1) is 13.6. The van der Waals surface area contributed by atoms with Crippen molar-refractivity contribution in [2.24, 2.45) is 0 Å². The first kappa shape index (κ1) is 19.4. The van der Waals surface area contributed by atoms with Gasteiger partial charge in [-0.25, -0.2) is 4.68 Å². The summed E-state index contributed by atoms with van der Waals surface area (Å²) >= 11 is 0. The van der Waals surface area contributed by atoms with E-state index in [9.17, 15) is 9.59 Å². The Hall–Kier alpha value is -3.41. The van der Waals surface area contributed by atoms with Crippen LogP contribution in [0.2, 0.25) is 0 Å². The lowest BCUT2D eigenvalue weighted by molar-refractivity contribution is -0.121. The molecule has 0 aliphatic carbocycles. The number of nitrogens with zero attached hydrogens (tertiary/aromatic N) is 2. The highest BCUT2D eigenvalue weighted by Crippen LogP contribution is 2.08. The Morgan fingerprint density at radius 3 is 2.43 bits per heavy atom. The van der Waals surface area contributed by atoms with Crippen LogP contribution < -0.4 is 10.6 Å². The van der Waals surface area contributed by atoms with E-state index in [1.54, 1.807) is 12.1 Å². The lowest BCUT2D eigenvalue weighted by Crippen LogP contribution is -2.37. The molecule has 2 N–H and O–H groups in total. The van der Waals surface area contributed by atoms with Gasteiger partial charge in [0, 0.05) is 30.8 Å². The topological polar surface area (TPSA) is 76.0 Å². The highest BCUT2D eigenvalue weighted by molar-refractivity contribution is 5.94. The maximum atomic E-state index is 12.1. The second-order valence-electron chi connectivity index (χ2n) is 6.67. The van der Waals surface area contributed by atoms with E-state index in [0.29, 0.717) is 18.5 Å². The van der Waals surface area contributed by atoms with Crippen LogP contribution in [0, 0.1) is 0 Å². The number of aromatic nitrogens is 2. The molecule has 0 radical (unpaired) electrons. The van der Waals surface area contributed by atoms with Gasteiger partial charge in [0.05, 0.1) is 11.9 Å². The highest BCUT2D eigenvalue weighted by atomic mass is 16.2. The fourth-order valence-corrected chi connectivity index (χ4v) is 2.86. The van der Waals surface area contributed by atoms with Crippen LogP contribution in [-0.4, -0.2) is 34.2 Å². The van der Waals surface area contributed by atoms with Crippen molar-refractivity contribution >= 4 is 11.8 Å². The first-order valence-corrected chi connectivity index (χ1v) is 9.33. The quantitative estimate of drug-likeness (QED) is 0.635. The summed E-state index contributed by atoms with van der Waals surface area (Å²) in [7, 11) is 0. The van der Waals surface area contributed by atoms with Crippen molar-refractivity contribution in [1.29, 1.82) is 0 Å². The molecule has 1 atom stereocenters. The van der Waals surface area contributed by atoms with Crippen LogP contribution in [0.15, 0.2) is 73.1 Å². The van der Waals surface area contributed by atoms with E-state index in [0.717, 1.165) is 11.3 Å². The molecule has 3 rings (SSSR count). The molecule has 1 heterocycles. The van der Waals surface area contributed by atoms with Gasteiger partial charge in [0.2, 0.25) is 5.91 Å². The summed E-state index contributed by atoms with van der Waals surface area (Å²) in [6.45, 7) is 2.35. The molecule has 0 saturated carbocycles. The van der Waals surface area contributed by atoms with Crippen molar-refractivity contribution in [2.45, 2.75) is 25.8 Å². The molecule has 1 aromatic heterocycles. The summed E-state index contributed by atoms with van der Waals surface area (Å²) in [4.78, 5) is 24.2. The molecule has 2 aromatic carbocycles.